The highest BCUT2D eigenvalue weighted by Crippen LogP contribution is 2.69. The molecule has 758 valence electrons. The minimum absolute atomic E-state index is 0.0845. The molecule has 14 amide bonds. The quantitative estimate of drug-likeness (QED) is 0.0111. The Kier molecular flexibility index (Phi) is 36.1. The zero-order chi connectivity index (χ0) is 102. The Labute approximate surface area is 798 Å². The molecule has 3 fully saturated rings. The van der Waals surface area contributed by atoms with E-state index in [4.69, 9.17) is 32.4 Å². The first kappa shape index (κ1) is 108. The third kappa shape index (κ3) is 23.1. The number of fused-ring (bicyclic) bond motifs is 6. The van der Waals surface area contributed by atoms with Crippen LogP contribution >= 0.6 is 0 Å². The van der Waals surface area contributed by atoms with E-state index in [0.717, 1.165) is 23.4 Å². The van der Waals surface area contributed by atoms with E-state index in [9.17, 15) is 98.4 Å². The van der Waals surface area contributed by atoms with Crippen molar-refractivity contribution in [3.63, 3.8) is 0 Å². The number of esters is 1. The van der Waals surface area contributed by atoms with Crippen molar-refractivity contribution in [2.45, 2.75) is 251 Å². The fourth-order valence-electron chi connectivity index (χ4n) is 21.3. The van der Waals surface area contributed by atoms with Gasteiger partial charge in [-0.2, -0.15) is 0 Å². The summed E-state index contributed by atoms with van der Waals surface area (Å²) in [4.78, 5) is 222. The van der Waals surface area contributed by atoms with Gasteiger partial charge in [0.1, 0.15) is 89.5 Å². The molecule has 6 aliphatic rings. The minimum Gasteiger partial charge on any atom is -0.508 e. The zero-order valence-corrected chi connectivity index (χ0v) is 79.6. The number of H-pyrrole nitrogens is 1. The van der Waals surface area contributed by atoms with Crippen LogP contribution in [0.4, 0.5) is 5.69 Å². The fraction of sp³-hybridized carbons (Fsp3) is 0.606. The van der Waals surface area contributed by atoms with E-state index in [0.29, 0.717) is 80.9 Å². The van der Waals surface area contributed by atoms with Gasteiger partial charge in [0.25, 0.3) is 5.91 Å². The number of phenols is 1. The maximum absolute atomic E-state index is 16.5. The lowest BCUT2D eigenvalue weighted by atomic mass is 9.47. The summed E-state index contributed by atoms with van der Waals surface area (Å²) in [6.07, 6.45) is 1.05. The maximum Gasteiger partial charge on any atom is 0.322 e. The summed E-state index contributed by atoms with van der Waals surface area (Å²) in [5.41, 5.74) is 17.9. The number of unbranched alkanes of at least 4 members (excludes halogenated alkanes) is 1. The predicted molar refractivity (Wildman–Crippen MR) is 499 cm³/mol. The number of benzene rings is 3. The average Bonchev–Trinajstić information content (AvgIpc) is 1.47. The van der Waals surface area contributed by atoms with Crippen molar-refractivity contribution in [3.8, 4) is 11.5 Å². The number of likely N-dealkylation sites (N-methyl/N-ethyl adjacent to an activating group) is 1. The summed E-state index contributed by atoms with van der Waals surface area (Å²) < 4.78 is 12.6. The summed E-state index contributed by atoms with van der Waals surface area (Å²) in [6, 6.07) is -4.83. The Bertz CT molecular complexity index is 5170. The Morgan fingerprint density at radius 2 is 1.11 bits per heavy atom. The average molecular weight is 1930 g/mol. The Hall–Kier alpha value is -12.0. The van der Waals surface area contributed by atoms with Crippen LogP contribution in [0.5, 0.6) is 11.5 Å². The lowest BCUT2D eigenvalue weighted by Gasteiger charge is -2.63. The van der Waals surface area contributed by atoms with Crippen molar-refractivity contribution in [2.75, 3.05) is 91.9 Å². The topological polar surface area (TPSA) is 698 Å². The molecule has 28 N–H and O–H groups in total. The van der Waals surface area contributed by atoms with Gasteiger partial charge >= 0.3 is 5.97 Å². The molecule has 0 radical (unpaired) electrons. The number of phenolic OH excluding ortho intramolecular Hbond substituents is 1. The lowest BCUT2D eigenvalue weighted by molar-refractivity contribution is -0.204. The second-order valence-electron chi connectivity index (χ2n) is 38.1. The molecule has 3 aromatic carbocycles. The molecule has 138 heavy (non-hydrogen) atoms. The molecular weight excluding hydrogens is 1800 g/mol. The number of nitrogens with zero attached hydrogens (tertiary/aromatic N) is 3. The Morgan fingerprint density at radius 1 is 0.580 bits per heavy atom. The molecule has 1 saturated carbocycles. The van der Waals surface area contributed by atoms with Gasteiger partial charge in [-0.25, -0.2) is 0 Å². The van der Waals surface area contributed by atoms with Gasteiger partial charge in [0.2, 0.25) is 76.8 Å². The van der Waals surface area contributed by atoms with Gasteiger partial charge in [0.15, 0.2) is 5.60 Å². The molecule has 10 rings (SSSR count). The van der Waals surface area contributed by atoms with E-state index in [2.05, 4.69) is 73.3 Å². The number of piperidine rings is 1. The number of aromatic nitrogens is 1. The van der Waals surface area contributed by atoms with E-state index in [1.807, 2.05) is 56.3 Å². The number of ether oxygens (including phenoxy) is 2. The third-order valence-electron chi connectivity index (χ3n) is 27.8. The number of primary amides is 3. The molecule has 21 atom stereocenters. The van der Waals surface area contributed by atoms with Crippen molar-refractivity contribution < 1.29 is 122 Å². The number of aromatic hydroxyl groups is 1. The molecule has 2 saturated heterocycles. The number of nitrogens with one attached hydrogen (secondary N) is 12. The van der Waals surface area contributed by atoms with Crippen molar-refractivity contribution in [3.05, 3.63) is 101 Å². The van der Waals surface area contributed by atoms with Crippen LogP contribution in [0.1, 0.15) is 160 Å². The second kappa shape index (κ2) is 46.2. The standard InChI is InChI=1S/C94H137N19O25/c1-11-90(135)40-52-41-93(89(134)138-10,73-55(29-34-112(42-52)47-90)54-18-13-14-19-57(54)100-73)71-68(137-9)27-25-56-72(71)111(8)86-92(56)31-35-113-33-17-30-91(12-2,85(92)113)87(132)94(86,136)88(133)110-61(37-49(5)6)78(125)105-63(39-70(97)120)80(127)101-58(20-15-16-32-95)76(123)99-50(7)75(122)106-64(43-114)82(129)104-62(38-51-21-23-53(118)24-22-51)79(126)102-59(26-28-69(96)119)77(124)107-66(45-116)83(130)109-67(46-117)84(131)108-65(44-115)81(128)103-60(74(98)121)36-48(3)4/h13-14,17-19,21-25,27,30,48-50,52,58-67,85-87,100,114-118,132,135-136H,11-12,15-16,20,26,28-29,31-47,95H2,1-10H3,(H2,96,119)(H2,97,120)(H2,98,121)(H,99,123)(H,101,127)(H,102,126)(H,103,128)(H,104,129)(H,105,125)(H,106,122)(H,107,124)(H,108,131)(H,109,130)(H,110,133)/t50-,52?,58-,59-,60-,61-,62-,63-,64-,65-,66-,67-,85?,86?,87-,90-,91-,92?,93-,94+/m0/s1. The third-order valence-corrected chi connectivity index (χ3v) is 27.8. The van der Waals surface area contributed by atoms with Gasteiger partial charge in [-0.05, 0) is 156 Å². The first-order valence-electron chi connectivity index (χ1n) is 46.9. The first-order chi connectivity index (χ1) is 65.4. The number of hydrogen-bond acceptors (Lipinski definition) is 29. The molecule has 1 aliphatic carbocycles. The van der Waals surface area contributed by atoms with Crippen LogP contribution in [0.2, 0.25) is 0 Å². The number of anilines is 1. The maximum atomic E-state index is 16.5. The number of rotatable bonds is 47. The van der Waals surface area contributed by atoms with E-state index in [-0.39, 0.29) is 80.4 Å². The number of para-hydroxylation sites is 1. The summed E-state index contributed by atoms with van der Waals surface area (Å²) in [5, 5.41) is 119. The van der Waals surface area contributed by atoms with E-state index >= 15 is 14.4 Å². The summed E-state index contributed by atoms with van der Waals surface area (Å²) in [5.74, 6) is -17.7. The van der Waals surface area contributed by atoms with Crippen LogP contribution in [-0.4, -0.2) is 327 Å². The Balaban J connectivity index is 0.869. The van der Waals surface area contributed by atoms with Crippen LogP contribution in [-0.2, 0) is 100 Å². The SMILES string of the molecule is CC[C@]1(O)CC2CN(CCc3c([nH]c4ccccc34)[C@@](C(=O)OC)(c3c(OC)ccc4c3N(C)C3C45CCN4CC=C[C@@](CC)(C45)[C@H](O)[C@@]3(O)C(=O)N[C@@H](CC(C)C)C(=O)N[C@@H](CC(N)=O)C(=O)N[C@@H](CCCCN)C(=O)N[C@@H](C)C(=O)N[C@@H](CO)C(=O)N[C@@H](Cc3ccc(O)cc3)C(=O)N[C@@H](CCC(N)=O)C(=O)N[C@@H](CO)C(=O)N[C@@H](CO)C(=O)N[C@@H](CO)C(=O)N[C@@H](CC(C)C)C(N)=O)C2)C1. The van der Waals surface area contributed by atoms with Gasteiger partial charge < -0.3 is 142 Å². The normalized spacial score (nSPS) is 24.7. The van der Waals surface area contributed by atoms with Gasteiger partial charge in [-0.1, -0.05) is 90.1 Å². The van der Waals surface area contributed by atoms with Crippen molar-refractivity contribution in [1.29, 1.82) is 0 Å². The molecule has 5 unspecified atom stereocenters. The number of nitrogens with two attached hydrogens (primary N) is 4. The monoisotopic (exact) mass is 1930 g/mol. The number of carbonyl (C=O) groups excluding carboxylic acids is 15. The molecule has 6 heterocycles. The molecular formula is C94H137N19O25. The van der Waals surface area contributed by atoms with E-state index in [1.54, 1.807) is 45.7 Å². The number of aliphatic hydroxyl groups excluding tert-OH is 5. The van der Waals surface area contributed by atoms with Crippen molar-refractivity contribution in [2.24, 2.45) is 46.1 Å². The minimum atomic E-state index is -2.89. The summed E-state index contributed by atoms with van der Waals surface area (Å²) >= 11 is 0. The zero-order valence-electron chi connectivity index (χ0n) is 79.6. The van der Waals surface area contributed by atoms with Crippen LogP contribution in [0, 0.1) is 23.2 Å². The molecule has 1 aromatic heterocycles. The smallest absolute Gasteiger partial charge is 0.322 e. The van der Waals surface area contributed by atoms with Crippen LogP contribution in [0.3, 0.4) is 0 Å². The van der Waals surface area contributed by atoms with Gasteiger partial charge in [0.05, 0.1) is 58.7 Å². The lowest BCUT2D eigenvalue weighted by Crippen LogP contribution is -2.82. The predicted octanol–water partition coefficient (Wildman–Crippen LogP) is -5.64. The van der Waals surface area contributed by atoms with Crippen LogP contribution in [0.15, 0.2) is 72.8 Å². The van der Waals surface area contributed by atoms with Gasteiger partial charge in [-0.3, -0.25) is 81.7 Å². The number of aliphatic hydroxyl groups is 7. The Morgan fingerprint density at radius 3 is 1.66 bits per heavy atom. The number of hydrogen-bond donors (Lipinski definition) is 24. The van der Waals surface area contributed by atoms with Gasteiger partial charge in [0, 0.05) is 90.8 Å². The van der Waals surface area contributed by atoms with Gasteiger partial charge in [-0.15, -0.1) is 0 Å². The highest BCUT2D eigenvalue weighted by Gasteiger charge is 2.79. The van der Waals surface area contributed by atoms with Crippen molar-refractivity contribution >= 4 is 105 Å². The molecule has 44 heteroatoms. The molecule has 1 spiro atoms. The number of methoxy groups -OCH3 is 2. The molecule has 4 aromatic rings. The highest BCUT2D eigenvalue weighted by molar-refractivity contribution is 6.03. The van der Waals surface area contributed by atoms with Crippen LogP contribution in [0.25, 0.3) is 10.9 Å². The van der Waals surface area contributed by atoms with Crippen LogP contribution < -0.4 is 91.1 Å². The van der Waals surface area contributed by atoms with E-state index in [1.165, 1.54) is 38.5 Å². The number of carbonyl (C=O) groups is 15. The molecule has 5 aliphatic heterocycles. The summed E-state index contributed by atoms with van der Waals surface area (Å²) in [6.45, 7) is 9.67. The highest BCUT2D eigenvalue weighted by atomic mass is 16.5. The molecule has 2 bridgehead atoms. The summed E-state index contributed by atoms with van der Waals surface area (Å²) in [7, 11) is 4.52. The fourth-order valence-corrected chi connectivity index (χ4v) is 21.3. The second-order valence-corrected chi connectivity index (χ2v) is 38.1. The largest absolute Gasteiger partial charge is 0.508 e. The first-order valence-corrected chi connectivity index (χ1v) is 46.9. The molecule has 44 nitrogen and oxygen atoms in total. The number of aromatic amines is 1. The van der Waals surface area contributed by atoms with E-state index < -0.39 is 259 Å². The van der Waals surface area contributed by atoms with Crippen molar-refractivity contribution in [1.82, 2.24) is 73.3 Å². The number of amides is 14.